The molecule has 28 heavy (non-hydrogen) atoms. The second-order valence-electron chi connectivity index (χ2n) is 6.34. The molecule has 0 radical (unpaired) electrons. The zero-order valence-electron chi connectivity index (χ0n) is 16.1. The van der Waals surface area contributed by atoms with E-state index in [-0.39, 0.29) is 18.3 Å². The van der Waals surface area contributed by atoms with Crippen LogP contribution in [-0.4, -0.2) is 42.0 Å². The number of benzene rings is 2. The van der Waals surface area contributed by atoms with E-state index in [1.807, 2.05) is 53.4 Å². The van der Waals surface area contributed by atoms with Gasteiger partial charge in [-0.15, -0.1) is 12.4 Å². The normalized spacial score (nSPS) is 10.9. The molecule has 1 amide bonds. The summed E-state index contributed by atoms with van der Waals surface area (Å²) in [7, 11) is 0. The monoisotopic (exact) mass is 437 g/mol. The van der Waals surface area contributed by atoms with Gasteiger partial charge in [0.25, 0.3) is 0 Å². The Bertz CT molecular complexity index is 897. The van der Waals surface area contributed by atoms with Crippen LogP contribution in [0.3, 0.4) is 0 Å². The van der Waals surface area contributed by atoms with Crippen LogP contribution >= 0.6 is 35.3 Å². The first-order valence-corrected chi connectivity index (χ1v) is 10.4. The van der Waals surface area contributed by atoms with E-state index in [2.05, 4.69) is 18.7 Å². The summed E-state index contributed by atoms with van der Waals surface area (Å²) in [5, 5.41) is 1.42. The molecule has 2 aromatic carbocycles. The van der Waals surface area contributed by atoms with Gasteiger partial charge in [0.2, 0.25) is 5.91 Å². The maximum Gasteiger partial charge on any atom is 0.233 e. The van der Waals surface area contributed by atoms with Crippen LogP contribution in [0, 0.1) is 0 Å². The van der Waals surface area contributed by atoms with E-state index in [4.69, 9.17) is 16.6 Å². The number of likely N-dealkylation sites (N-methyl/N-ethyl adjacent to an activating group) is 1. The molecule has 0 saturated heterocycles. The molecule has 0 atom stereocenters. The van der Waals surface area contributed by atoms with Gasteiger partial charge >= 0.3 is 0 Å². The largest absolute Gasteiger partial charge is 0.302 e. The molecule has 3 aromatic rings. The number of carbonyl (C=O) groups is 1. The number of nitrogens with zero attached hydrogens (tertiary/aromatic N) is 3. The lowest BCUT2D eigenvalue weighted by Crippen LogP contribution is -2.39. The van der Waals surface area contributed by atoms with Crippen LogP contribution in [-0.2, 0) is 11.2 Å². The minimum Gasteiger partial charge on any atom is -0.302 e. The van der Waals surface area contributed by atoms with Crippen molar-refractivity contribution < 1.29 is 4.79 Å². The minimum absolute atomic E-state index is 0. The second kappa shape index (κ2) is 10.8. The van der Waals surface area contributed by atoms with E-state index in [0.29, 0.717) is 18.0 Å². The van der Waals surface area contributed by atoms with Crippen LogP contribution in [0.15, 0.2) is 48.5 Å². The van der Waals surface area contributed by atoms with Crippen LogP contribution in [0.4, 0.5) is 5.13 Å². The summed E-state index contributed by atoms with van der Waals surface area (Å²) in [4.78, 5) is 21.9. The first-order chi connectivity index (χ1) is 13.1. The summed E-state index contributed by atoms with van der Waals surface area (Å²) in [6.45, 7) is 7.66. The number of fused-ring (bicyclic) bond motifs is 1. The second-order valence-corrected chi connectivity index (χ2v) is 7.79. The SMILES string of the molecule is CCN(CC)CCN(C(=O)Cc1ccccc1)c1nc2ccc(Cl)cc2s1.Cl. The molecule has 0 bridgehead atoms. The Morgan fingerprint density at radius 2 is 1.79 bits per heavy atom. The summed E-state index contributed by atoms with van der Waals surface area (Å²) in [6.07, 6.45) is 0.371. The molecule has 0 fully saturated rings. The predicted octanol–water partition coefficient (Wildman–Crippen LogP) is 5.29. The molecule has 1 aromatic heterocycles. The highest BCUT2D eigenvalue weighted by Crippen LogP contribution is 2.31. The van der Waals surface area contributed by atoms with Gasteiger partial charge in [-0.2, -0.15) is 0 Å². The van der Waals surface area contributed by atoms with Gasteiger partial charge in [-0.3, -0.25) is 9.69 Å². The van der Waals surface area contributed by atoms with Crippen molar-refractivity contribution in [1.29, 1.82) is 0 Å². The number of carbonyl (C=O) groups excluding carboxylic acids is 1. The number of hydrogen-bond donors (Lipinski definition) is 0. The fourth-order valence-corrected chi connectivity index (χ4v) is 4.26. The van der Waals surface area contributed by atoms with E-state index >= 15 is 0 Å². The summed E-state index contributed by atoms with van der Waals surface area (Å²) in [6, 6.07) is 15.5. The number of anilines is 1. The fraction of sp³-hybridized carbons (Fsp3) is 0.333. The highest BCUT2D eigenvalue weighted by molar-refractivity contribution is 7.22. The van der Waals surface area contributed by atoms with Crippen LogP contribution in [0.1, 0.15) is 19.4 Å². The van der Waals surface area contributed by atoms with Crippen molar-refractivity contribution in [3.8, 4) is 0 Å². The molecule has 0 unspecified atom stereocenters. The van der Waals surface area contributed by atoms with Gasteiger partial charge in [0, 0.05) is 18.1 Å². The number of hydrogen-bond acceptors (Lipinski definition) is 4. The van der Waals surface area contributed by atoms with Gasteiger partial charge < -0.3 is 4.90 Å². The lowest BCUT2D eigenvalue weighted by Gasteiger charge is -2.24. The number of aromatic nitrogens is 1. The summed E-state index contributed by atoms with van der Waals surface area (Å²) >= 11 is 7.63. The fourth-order valence-electron chi connectivity index (χ4n) is 2.98. The smallest absolute Gasteiger partial charge is 0.233 e. The van der Waals surface area contributed by atoms with Crippen molar-refractivity contribution in [3.05, 3.63) is 59.1 Å². The summed E-state index contributed by atoms with van der Waals surface area (Å²) < 4.78 is 0.998. The third kappa shape index (κ3) is 5.67. The van der Waals surface area contributed by atoms with Crippen LogP contribution in [0.2, 0.25) is 5.02 Å². The quantitative estimate of drug-likeness (QED) is 0.480. The Morgan fingerprint density at radius 3 is 2.46 bits per heavy atom. The molecule has 0 N–H and O–H groups in total. The highest BCUT2D eigenvalue weighted by Gasteiger charge is 2.20. The zero-order valence-corrected chi connectivity index (χ0v) is 18.5. The van der Waals surface area contributed by atoms with Crippen LogP contribution in [0.25, 0.3) is 10.2 Å². The Hall–Kier alpha value is -1.66. The Kier molecular flexibility index (Phi) is 8.70. The lowest BCUT2D eigenvalue weighted by molar-refractivity contribution is -0.118. The molecular weight excluding hydrogens is 413 g/mol. The van der Waals surface area contributed by atoms with Gasteiger partial charge in [0.05, 0.1) is 16.6 Å². The summed E-state index contributed by atoms with van der Waals surface area (Å²) in [5.41, 5.74) is 1.89. The van der Waals surface area contributed by atoms with E-state index < -0.39 is 0 Å². The van der Waals surface area contributed by atoms with Crippen molar-refractivity contribution in [2.75, 3.05) is 31.1 Å². The van der Waals surface area contributed by atoms with Crippen molar-refractivity contribution in [1.82, 2.24) is 9.88 Å². The molecule has 4 nitrogen and oxygen atoms in total. The van der Waals surface area contributed by atoms with E-state index in [1.165, 1.54) is 11.3 Å². The van der Waals surface area contributed by atoms with Gasteiger partial charge in [-0.05, 0) is 36.9 Å². The molecule has 1 heterocycles. The third-order valence-electron chi connectivity index (χ3n) is 4.60. The first-order valence-electron chi connectivity index (χ1n) is 9.23. The summed E-state index contributed by atoms with van der Waals surface area (Å²) in [5.74, 6) is 0.0681. The van der Waals surface area contributed by atoms with Gasteiger partial charge in [0.1, 0.15) is 0 Å². The number of amides is 1. The Balaban J connectivity index is 0.00000280. The van der Waals surface area contributed by atoms with E-state index in [9.17, 15) is 4.79 Å². The molecule has 150 valence electrons. The van der Waals surface area contributed by atoms with Crippen LogP contribution < -0.4 is 4.90 Å². The molecule has 0 spiro atoms. The predicted molar refractivity (Wildman–Crippen MR) is 122 cm³/mol. The average Bonchev–Trinajstić information content (AvgIpc) is 3.08. The van der Waals surface area contributed by atoms with Crippen molar-refractivity contribution >= 4 is 56.6 Å². The van der Waals surface area contributed by atoms with Gasteiger partial charge in [-0.25, -0.2) is 4.98 Å². The van der Waals surface area contributed by atoms with Crippen molar-refractivity contribution in [3.63, 3.8) is 0 Å². The van der Waals surface area contributed by atoms with E-state index in [1.54, 1.807) is 0 Å². The Morgan fingerprint density at radius 1 is 1.07 bits per heavy atom. The maximum absolute atomic E-state index is 13.1. The standard InChI is InChI=1S/C21H24ClN3OS.ClH/c1-3-24(4-2)12-13-25(20(26)14-16-8-6-5-7-9-16)21-23-18-11-10-17(22)15-19(18)27-21;/h5-11,15H,3-4,12-14H2,1-2H3;1H. The molecule has 0 aliphatic carbocycles. The molecule has 0 aliphatic rings. The average molecular weight is 438 g/mol. The Labute approximate surface area is 181 Å². The number of rotatable bonds is 8. The minimum atomic E-state index is 0. The van der Waals surface area contributed by atoms with Crippen molar-refractivity contribution in [2.24, 2.45) is 0 Å². The first kappa shape index (κ1) is 22.6. The molecular formula is C21H25Cl2N3OS. The van der Waals surface area contributed by atoms with Gasteiger partial charge in [-0.1, -0.05) is 67.1 Å². The lowest BCUT2D eigenvalue weighted by atomic mass is 10.1. The third-order valence-corrected chi connectivity index (χ3v) is 5.88. The molecule has 0 saturated carbocycles. The molecule has 7 heteroatoms. The number of thiazole rings is 1. The van der Waals surface area contributed by atoms with Crippen LogP contribution in [0.5, 0.6) is 0 Å². The highest BCUT2D eigenvalue weighted by atomic mass is 35.5. The number of halogens is 2. The zero-order chi connectivity index (χ0) is 19.2. The van der Waals surface area contributed by atoms with E-state index in [0.717, 1.165) is 40.5 Å². The topological polar surface area (TPSA) is 36.4 Å². The molecule has 0 aliphatic heterocycles. The van der Waals surface area contributed by atoms with Crippen molar-refractivity contribution in [2.45, 2.75) is 20.3 Å². The molecule has 3 rings (SSSR count). The maximum atomic E-state index is 13.1. The van der Waals surface area contributed by atoms with Gasteiger partial charge in [0.15, 0.2) is 5.13 Å².